The fraction of sp³-hybridized carbons (Fsp3) is 0.286. The number of anilines is 1. The summed E-state index contributed by atoms with van der Waals surface area (Å²) in [4.78, 5) is 16.1. The molecule has 4 nitrogen and oxygen atoms in total. The summed E-state index contributed by atoms with van der Waals surface area (Å²) < 4.78 is 38.1. The molecule has 1 saturated heterocycles. The quantitative estimate of drug-likeness (QED) is 0.736. The summed E-state index contributed by atoms with van der Waals surface area (Å²) >= 11 is 6.02. The van der Waals surface area contributed by atoms with Crippen molar-refractivity contribution in [3.05, 3.63) is 64.7 Å². The number of alkyl halides is 3. The molecule has 1 fully saturated rings. The van der Waals surface area contributed by atoms with Crippen LogP contribution in [0.25, 0.3) is 0 Å². The fourth-order valence-electron chi connectivity index (χ4n) is 2.99. The molecule has 0 aliphatic carbocycles. The van der Waals surface area contributed by atoms with Gasteiger partial charge in [0, 0.05) is 42.5 Å². The second-order valence-electron chi connectivity index (χ2n) is 6.49. The zero-order chi connectivity index (χ0) is 20.9. The van der Waals surface area contributed by atoms with Crippen LogP contribution >= 0.6 is 11.6 Å². The van der Waals surface area contributed by atoms with Crippen molar-refractivity contribution in [1.82, 2.24) is 10.2 Å². The van der Waals surface area contributed by atoms with Crippen LogP contribution in [0.15, 0.2) is 48.5 Å². The molecule has 2 aromatic rings. The minimum Gasteiger partial charge on any atom is -0.368 e. The lowest BCUT2D eigenvalue weighted by Gasteiger charge is -2.36. The van der Waals surface area contributed by atoms with E-state index in [1.807, 2.05) is 24.3 Å². The molecule has 0 unspecified atom stereocenters. The molecule has 152 valence electrons. The fourth-order valence-corrected chi connectivity index (χ4v) is 3.18. The first-order valence-corrected chi connectivity index (χ1v) is 9.40. The van der Waals surface area contributed by atoms with Crippen LogP contribution in [0.1, 0.15) is 11.1 Å². The van der Waals surface area contributed by atoms with Crippen LogP contribution in [0.3, 0.4) is 0 Å². The normalized spacial score (nSPS) is 14.2. The molecule has 0 spiro atoms. The molecule has 0 radical (unpaired) electrons. The number of amides is 2. The van der Waals surface area contributed by atoms with E-state index in [1.165, 1.54) is 12.1 Å². The van der Waals surface area contributed by atoms with Crippen molar-refractivity contribution in [1.29, 1.82) is 0 Å². The lowest BCUT2D eigenvalue weighted by atomic mass is 10.1. The molecule has 3 rings (SSSR count). The van der Waals surface area contributed by atoms with Crippen molar-refractivity contribution in [2.24, 2.45) is 0 Å². The van der Waals surface area contributed by atoms with E-state index in [-0.39, 0.29) is 18.1 Å². The van der Waals surface area contributed by atoms with Crippen LogP contribution in [-0.4, -0.2) is 43.7 Å². The van der Waals surface area contributed by atoms with Crippen molar-refractivity contribution < 1.29 is 18.0 Å². The zero-order valence-corrected chi connectivity index (χ0v) is 16.2. The van der Waals surface area contributed by atoms with Gasteiger partial charge < -0.3 is 15.1 Å². The number of hydrogen-bond donors (Lipinski definition) is 1. The Morgan fingerprint density at radius 3 is 2.48 bits per heavy atom. The summed E-state index contributed by atoms with van der Waals surface area (Å²) in [5.41, 5.74) is 0.527. The Labute approximate surface area is 172 Å². The smallest absolute Gasteiger partial charge is 0.368 e. The molecule has 0 bridgehead atoms. The number of carbonyl (C=O) groups is 1. The number of piperazine rings is 1. The summed E-state index contributed by atoms with van der Waals surface area (Å²) in [5.74, 6) is 5.34. The molecule has 0 atom stereocenters. The van der Waals surface area contributed by atoms with Gasteiger partial charge in [0.25, 0.3) is 0 Å². The van der Waals surface area contributed by atoms with Crippen molar-refractivity contribution in [2.75, 3.05) is 37.6 Å². The first kappa shape index (κ1) is 20.9. The van der Waals surface area contributed by atoms with Gasteiger partial charge in [-0.15, -0.1) is 0 Å². The maximum atomic E-state index is 12.7. The Morgan fingerprint density at radius 2 is 1.79 bits per heavy atom. The highest BCUT2D eigenvalue weighted by Crippen LogP contribution is 2.29. The predicted molar refractivity (Wildman–Crippen MR) is 107 cm³/mol. The van der Waals surface area contributed by atoms with Gasteiger partial charge in [0.05, 0.1) is 12.1 Å². The van der Waals surface area contributed by atoms with Crippen LogP contribution in [-0.2, 0) is 6.18 Å². The second-order valence-corrected chi connectivity index (χ2v) is 6.93. The SMILES string of the molecule is O=C(NCC#Cc1cccc(C(F)(F)F)c1)N1CCN(c2cccc(Cl)c2)CC1. The first-order valence-electron chi connectivity index (χ1n) is 9.02. The van der Waals surface area contributed by atoms with Gasteiger partial charge in [-0.3, -0.25) is 0 Å². The maximum absolute atomic E-state index is 12.7. The standard InChI is InChI=1S/C21H19ClF3N3O/c22-18-7-2-8-19(15-18)27-10-12-28(13-11-27)20(29)26-9-3-5-16-4-1-6-17(14-16)21(23,24)25/h1-2,4,6-8,14-15H,9-13H2,(H,26,29). The highest BCUT2D eigenvalue weighted by atomic mass is 35.5. The molecule has 1 N–H and O–H groups in total. The van der Waals surface area contributed by atoms with Crippen LogP contribution < -0.4 is 10.2 Å². The monoisotopic (exact) mass is 421 g/mol. The predicted octanol–water partition coefficient (Wildman–Crippen LogP) is 4.24. The van der Waals surface area contributed by atoms with E-state index in [2.05, 4.69) is 22.1 Å². The van der Waals surface area contributed by atoms with Gasteiger partial charge in [0.2, 0.25) is 0 Å². The summed E-state index contributed by atoms with van der Waals surface area (Å²) in [6, 6.07) is 12.1. The van der Waals surface area contributed by atoms with Crippen LogP contribution in [0, 0.1) is 11.8 Å². The molecule has 8 heteroatoms. The van der Waals surface area contributed by atoms with Crippen molar-refractivity contribution in [2.45, 2.75) is 6.18 Å². The van der Waals surface area contributed by atoms with Crippen LogP contribution in [0.5, 0.6) is 0 Å². The number of nitrogens with zero attached hydrogens (tertiary/aromatic N) is 2. The van der Waals surface area contributed by atoms with Crippen LogP contribution in [0.4, 0.5) is 23.7 Å². The molecule has 0 saturated carbocycles. The molecule has 1 aliphatic rings. The molecule has 1 aliphatic heterocycles. The van der Waals surface area contributed by atoms with Crippen LogP contribution in [0.2, 0.25) is 5.02 Å². The lowest BCUT2D eigenvalue weighted by Crippen LogP contribution is -2.51. The minimum atomic E-state index is -4.40. The van der Waals surface area contributed by atoms with E-state index in [9.17, 15) is 18.0 Å². The van der Waals surface area contributed by atoms with E-state index < -0.39 is 11.7 Å². The Morgan fingerprint density at radius 1 is 1.07 bits per heavy atom. The van der Waals surface area contributed by atoms with Gasteiger partial charge in [0.1, 0.15) is 0 Å². The second kappa shape index (κ2) is 9.10. The van der Waals surface area contributed by atoms with Crippen molar-refractivity contribution in [3.63, 3.8) is 0 Å². The summed E-state index contributed by atoms with van der Waals surface area (Å²) in [6.07, 6.45) is -4.40. The van der Waals surface area contributed by atoms with Crippen molar-refractivity contribution >= 4 is 23.3 Å². The van der Waals surface area contributed by atoms with Crippen molar-refractivity contribution in [3.8, 4) is 11.8 Å². The third-order valence-electron chi connectivity index (χ3n) is 4.49. The number of halogens is 4. The van der Waals surface area contributed by atoms with Gasteiger partial charge in [-0.1, -0.05) is 35.6 Å². The number of benzene rings is 2. The highest BCUT2D eigenvalue weighted by Gasteiger charge is 2.30. The van der Waals surface area contributed by atoms with E-state index in [0.29, 0.717) is 31.2 Å². The molecular weight excluding hydrogens is 403 g/mol. The summed E-state index contributed by atoms with van der Waals surface area (Å²) in [7, 11) is 0. The molecule has 2 aromatic carbocycles. The third-order valence-corrected chi connectivity index (χ3v) is 4.73. The molecule has 2 amide bonds. The van der Waals surface area contributed by atoms with Gasteiger partial charge in [-0.2, -0.15) is 13.2 Å². The highest BCUT2D eigenvalue weighted by molar-refractivity contribution is 6.30. The summed E-state index contributed by atoms with van der Waals surface area (Å²) in [5, 5.41) is 3.35. The first-order chi connectivity index (χ1) is 13.8. The van der Waals surface area contributed by atoms with E-state index in [4.69, 9.17) is 11.6 Å². The van der Waals surface area contributed by atoms with E-state index >= 15 is 0 Å². The Hall–Kier alpha value is -2.85. The Bertz CT molecular complexity index is 928. The zero-order valence-electron chi connectivity index (χ0n) is 15.5. The number of carbonyl (C=O) groups excluding carboxylic acids is 1. The topological polar surface area (TPSA) is 35.6 Å². The van der Waals surface area contributed by atoms with Gasteiger partial charge in [-0.05, 0) is 36.4 Å². The van der Waals surface area contributed by atoms with Gasteiger partial charge >= 0.3 is 12.2 Å². The number of urea groups is 1. The number of nitrogens with one attached hydrogen (secondary N) is 1. The maximum Gasteiger partial charge on any atom is 0.416 e. The Kier molecular flexibility index (Phi) is 6.55. The average molecular weight is 422 g/mol. The third kappa shape index (κ3) is 5.81. The van der Waals surface area contributed by atoms with Gasteiger partial charge in [-0.25, -0.2) is 4.79 Å². The molecule has 1 heterocycles. The average Bonchev–Trinajstić information content (AvgIpc) is 2.71. The minimum absolute atomic E-state index is 0.0591. The number of rotatable bonds is 2. The number of hydrogen-bond acceptors (Lipinski definition) is 2. The van der Waals surface area contributed by atoms with E-state index in [1.54, 1.807) is 4.90 Å². The Balaban J connectivity index is 1.47. The largest absolute Gasteiger partial charge is 0.416 e. The molecule has 0 aromatic heterocycles. The summed E-state index contributed by atoms with van der Waals surface area (Å²) in [6.45, 7) is 2.54. The van der Waals surface area contributed by atoms with Gasteiger partial charge in [0.15, 0.2) is 0 Å². The molecule has 29 heavy (non-hydrogen) atoms. The lowest BCUT2D eigenvalue weighted by molar-refractivity contribution is -0.137. The molecular formula is C21H19ClF3N3O. The van der Waals surface area contributed by atoms with E-state index in [0.717, 1.165) is 17.8 Å².